The second-order valence-corrected chi connectivity index (χ2v) is 6.22. The molecule has 0 saturated carbocycles. The van der Waals surface area contributed by atoms with E-state index in [0.29, 0.717) is 12.2 Å². The molecule has 27 heavy (non-hydrogen) atoms. The first kappa shape index (κ1) is 18.4. The van der Waals surface area contributed by atoms with Crippen LogP contribution in [0.3, 0.4) is 0 Å². The van der Waals surface area contributed by atoms with Crippen LogP contribution in [0, 0.1) is 11.3 Å². The molecule has 1 aromatic heterocycles. The first-order valence-corrected chi connectivity index (χ1v) is 9.15. The Labute approximate surface area is 160 Å². The third-order valence-electron chi connectivity index (χ3n) is 4.23. The number of aromatic nitrogens is 1. The molecule has 0 aliphatic heterocycles. The zero-order valence-electron chi connectivity index (χ0n) is 15.4. The van der Waals surface area contributed by atoms with Crippen molar-refractivity contribution in [2.45, 2.75) is 19.8 Å². The van der Waals surface area contributed by atoms with Crippen molar-refractivity contribution in [2.24, 2.45) is 0 Å². The van der Waals surface area contributed by atoms with E-state index in [9.17, 15) is 0 Å². The van der Waals surface area contributed by atoms with Gasteiger partial charge in [0, 0.05) is 5.56 Å². The molecule has 0 amide bonds. The number of allylic oxidation sites excluding steroid dienone is 1. The molecule has 0 spiro atoms. The number of unbranched alkanes of at least 4 members (excludes halogenated alkanes) is 1. The highest BCUT2D eigenvalue weighted by Gasteiger charge is 2.03. The molecule has 3 rings (SSSR count). The van der Waals surface area contributed by atoms with Crippen molar-refractivity contribution >= 4 is 0 Å². The van der Waals surface area contributed by atoms with Gasteiger partial charge in [-0.2, -0.15) is 5.26 Å². The van der Waals surface area contributed by atoms with Gasteiger partial charge in [-0.3, -0.25) is 4.98 Å². The molecule has 3 nitrogen and oxygen atoms in total. The Bertz CT molecular complexity index is 918. The van der Waals surface area contributed by atoms with Gasteiger partial charge in [-0.1, -0.05) is 61.9 Å². The predicted molar refractivity (Wildman–Crippen MR) is 109 cm³/mol. The molecule has 0 saturated heterocycles. The van der Waals surface area contributed by atoms with Gasteiger partial charge >= 0.3 is 0 Å². The molecule has 0 unspecified atom stereocenters. The highest BCUT2D eigenvalue weighted by molar-refractivity contribution is 5.69. The van der Waals surface area contributed by atoms with Crippen LogP contribution < -0.4 is 4.74 Å². The molecule has 0 N–H and O–H groups in total. The lowest BCUT2D eigenvalue weighted by atomic mass is 10.0. The van der Waals surface area contributed by atoms with Gasteiger partial charge in [0.1, 0.15) is 12.4 Å². The molecule has 0 radical (unpaired) electrons. The normalized spacial score (nSPS) is 10.7. The molecular weight excluding hydrogens is 332 g/mol. The van der Waals surface area contributed by atoms with Crippen LogP contribution in [0.5, 0.6) is 5.75 Å². The minimum Gasteiger partial charge on any atom is -0.488 e. The highest BCUT2D eigenvalue weighted by Crippen LogP contribution is 2.25. The van der Waals surface area contributed by atoms with E-state index in [1.165, 1.54) is 0 Å². The Hall–Kier alpha value is -3.38. The summed E-state index contributed by atoms with van der Waals surface area (Å²) < 4.78 is 5.67. The number of nitriles is 1. The summed E-state index contributed by atoms with van der Waals surface area (Å²) in [6.45, 7) is 2.73. The second kappa shape index (κ2) is 9.35. The SMILES string of the molecule is CCC/C=C/COc1ccc(-c2ccc(-c3ccc(C#N)cc3)cc2)nc1. The molecule has 0 aliphatic rings. The van der Waals surface area contributed by atoms with E-state index in [0.717, 1.165) is 41.0 Å². The average molecular weight is 354 g/mol. The fraction of sp³-hybridized carbons (Fsp3) is 0.167. The maximum absolute atomic E-state index is 8.89. The van der Waals surface area contributed by atoms with Gasteiger partial charge in [0.15, 0.2) is 0 Å². The molecular formula is C24H22N2O. The number of hydrogen-bond acceptors (Lipinski definition) is 3. The van der Waals surface area contributed by atoms with Crippen LogP contribution in [0.2, 0.25) is 0 Å². The van der Waals surface area contributed by atoms with Crippen LogP contribution in [0.1, 0.15) is 25.3 Å². The molecule has 3 aromatic rings. The number of pyridine rings is 1. The quantitative estimate of drug-likeness (QED) is 0.487. The van der Waals surface area contributed by atoms with Gasteiger partial charge in [0.2, 0.25) is 0 Å². The predicted octanol–water partition coefficient (Wildman–Crippen LogP) is 6.02. The molecule has 0 bridgehead atoms. The Kier molecular flexibility index (Phi) is 6.38. The summed E-state index contributed by atoms with van der Waals surface area (Å²) in [5.74, 6) is 0.772. The van der Waals surface area contributed by atoms with Crippen molar-refractivity contribution in [1.82, 2.24) is 4.98 Å². The van der Waals surface area contributed by atoms with Crippen LogP contribution in [0.25, 0.3) is 22.4 Å². The lowest BCUT2D eigenvalue weighted by Crippen LogP contribution is -1.94. The first-order chi connectivity index (χ1) is 13.3. The Morgan fingerprint density at radius 2 is 1.56 bits per heavy atom. The molecule has 134 valence electrons. The Morgan fingerprint density at radius 3 is 2.15 bits per heavy atom. The lowest BCUT2D eigenvalue weighted by molar-refractivity contribution is 0.361. The maximum Gasteiger partial charge on any atom is 0.138 e. The van der Waals surface area contributed by atoms with Crippen LogP contribution in [-0.4, -0.2) is 11.6 Å². The molecule has 0 aliphatic carbocycles. The third-order valence-corrected chi connectivity index (χ3v) is 4.23. The Morgan fingerprint density at radius 1 is 0.889 bits per heavy atom. The summed E-state index contributed by atoms with van der Waals surface area (Å²) in [5, 5.41) is 8.89. The molecule has 2 aromatic carbocycles. The lowest BCUT2D eigenvalue weighted by Gasteiger charge is -2.06. The van der Waals surface area contributed by atoms with Gasteiger partial charge in [-0.25, -0.2) is 0 Å². The smallest absolute Gasteiger partial charge is 0.138 e. The molecule has 0 atom stereocenters. The number of hydrogen-bond donors (Lipinski definition) is 0. The van der Waals surface area contributed by atoms with Crippen molar-refractivity contribution in [3.63, 3.8) is 0 Å². The van der Waals surface area contributed by atoms with Gasteiger partial charge in [0.05, 0.1) is 23.5 Å². The van der Waals surface area contributed by atoms with Crippen molar-refractivity contribution in [2.75, 3.05) is 6.61 Å². The largest absolute Gasteiger partial charge is 0.488 e. The number of ether oxygens (including phenoxy) is 1. The summed E-state index contributed by atoms with van der Waals surface area (Å²) in [7, 11) is 0. The van der Waals surface area contributed by atoms with Gasteiger partial charge < -0.3 is 4.74 Å². The summed E-state index contributed by atoms with van der Waals surface area (Å²) in [5.41, 5.74) is 4.84. The van der Waals surface area contributed by atoms with Crippen molar-refractivity contribution in [3.05, 3.63) is 84.6 Å². The van der Waals surface area contributed by atoms with Crippen molar-refractivity contribution in [1.29, 1.82) is 5.26 Å². The highest BCUT2D eigenvalue weighted by atomic mass is 16.5. The van der Waals surface area contributed by atoms with E-state index in [2.05, 4.69) is 48.3 Å². The topological polar surface area (TPSA) is 45.9 Å². The van der Waals surface area contributed by atoms with E-state index >= 15 is 0 Å². The maximum atomic E-state index is 8.89. The summed E-state index contributed by atoms with van der Waals surface area (Å²) in [6, 6.07) is 21.9. The van der Waals surface area contributed by atoms with Crippen LogP contribution in [0.15, 0.2) is 79.0 Å². The van der Waals surface area contributed by atoms with Crippen LogP contribution in [-0.2, 0) is 0 Å². The van der Waals surface area contributed by atoms with Gasteiger partial charge in [-0.05, 0) is 41.8 Å². The summed E-state index contributed by atoms with van der Waals surface area (Å²) >= 11 is 0. The minimum absolute atomic E-state index is 0.570. The second-order valence-electron chi connectivity index (χ2n) is 6.22. The van der Waals surface area contributed by atoms with E-state index in [4.69, 9.17) is 10.00 Å². The number of rotatable bonds is 7. The summed E-state index contributed by atoms with van der Waals surface area (Å²) in [6.07, 6.45) is 8.17. The van der Waals surface area contributed by atoms with Crippen LogP contribution in [0.4, 0.5) is 0 Å². The van der Waals surface area contributed by atoms with E-state index in [1.54, 1.807) is 6.20 Å². The fourth-order valence-electron chi connectivity index (χ4n) is 2.70. The fourth-order valence-corrected chi connectivity index (χ4v) is 2.70. The van der Waals surface area contributed by atoms with E-state index in [1.807, 2.05) is 42.5 Å². The number of nitrogens with zero attached hydrogens (tertiary/aromatic N) is 2. The van der Waals surface area contributed by atoms with Crippen molar-refractivity contribution < 1.29 is 4.74 Å². The number of benzene rings is 2. The zero-order valence-corrected chi connectivity index (χ0v) is 15.4. The third kappa shape index (κ3) is 5.05. The zero-order chi connectivity index (χ0) is 18.9. The Balaban J connectivity index is 1.65. The van der Waals surface area contributed by atoms with Gasteiger partial charge in [0.25, 0.3) is 0 Å². The molecule has 0 fully saturated rings. The van der Waals surface area contributed by atoms with Gasteiger partial charge in [-0.15, -0.1) is 0 Å². The van der Waals surface area contributed by atoms with Crippen molar-refractivity contribution in [3.8, 4) is 34.2 Å². The van der Waals surface area contributed by atoms with E-state index < -0.39 is 0 Å². The van der Waals surface area contributed by atoms with E-state index in [-0.39, 0.29) is 0 Å². The monoisotopic (exact) mass is 354 g/mol. The summed E-state index contributed by atoms with van der Waals surface area (Å²) in [4.78, 5) is 4.50. The minimum atomic E-state index is 0.570. The molecule has 3 heteroatoms. The first-order valence-electron chi connectivity index (χ1n) is 9.15. The molecule has 1 heterocycles. The standard InChI is InChI=1S/C24H22N2O/c1-2-3-4-5-16-27-23-14-15-24(26-18-23)22-12-10-21(11-13-22)20-8-6-19(17-25)7-9-20/h4-15,18H,2-3,16H2,1H3/b5-4+. The van der Waals surface area contributed by atoms with Crippen LogP contribution >= 0.6 is 0 Å². The average Bonchev–Trinajstić information content (AvgIpc) is 2.74.